The molecular weight excluding hydrogens is 300 g/mol. The highest BCUT2D eigenvalue weighted by molar-refractivity contribution is 6.30. The van der Waals surface area contributed by atoms with Gasteiger partial charge in [-0.15, -0.1) is 0 Å². The smallest absolute Gasteiger partial charge is 0.273 e. The molecule has 0 radical (unpaired) electrons. The van der Waals surface area contributed by atoms with Crippen LogP contribution in [0.25, 0.3) is 11.3 Å². The zero-order valence-corrected chi connectivity index (χ0v) is 12.4. The van der Waals surface area contributed by atoms with Crippen LogP contribution in [0.2, 0.25) is 5.02 Å². The van der Waals surface area contributed by atoms with Crippen molar-refractivity contribution in [1.82, 2.24) is 10.5 Å². The maximum Gasteiger partial charge on any atom is 0.273 e. The van der Waals surface area contributed by atoms with E-state index in [1.54, 1.807) is 18.2 Å². The van der Waals surface area contributed by atoms with Gasteiger partial charge >= 0.3 is 0 Å². The van der Waals surface area contributed by atoms with Crippen LogP contribution < -0.4 is 5.32 Å². The first-order valence-corrected chi connectivity index (χ1v) is 7.15. The van der Waals surface area contributed by atoms with Crippen LogP contribution in [0.15, 0.2) is 65.2 Å². The lowest BCUT2D eigenvalue weighted by atomic mass is 10.1. The molecule has 1 amide bonds. The van der Waals surface area contributed by atoms with Crippen molar-refractivity contribution in [3.63, 3.8) is 0 Å². The number of hydrogen-bond donors (Lipinski definition) is 1. The SMILES string of the molecule is O=C(NCc1ccc(Cl)cc1)c1cc(-c2ccccc2)on1. The molecule has 3 aromatic rings. The largest absolute Gasteiger partial charge is 0.355 e. The van der Waals surface area contributed by atoms with Gasteiger partial charge in [-0.1, -0.05) is 59.2 Å². The fraction of sp³-hybridized carbons (Fsp3) is 0.0588. The van der Waals surface area contributed by atoms with Crippen LogP contribution in [0, 0.1) is 0 Å². The standard InChI is InChI=1S/C17H13ClN2O2/c18-14-8-6-12(7-9-14)11-19-17(21)15-10-16(22-20-15)13-4-2-1-3-5-13/h1-10H,11H2,(H,19,21). The van der Waals surface area contributed by atoms with Crippen LogP contribution in [0.1, 0.15) is 16.1 Å². The van der Waals surface area contributed by atoms with Gasteiger partial charge in [0.2, 0.25) is 0 Å². The van der Waals surface area contributed by atoms with E-state index < -0.39 is 0 Å². The van der Waals surface area contributed by atoms with Crippen molar-refractivity contribution in [2.45, 2.75) is 6.54 Å². The molecule has 1 heterocycles. The number of nitrogens with zero attached hydrogens (tertiary/aromatic N) is 1. The molecule has 1 aromatic heterocycles. The van der Waals surface area contributed by atoms with E-state index in [2.05, 4.69) is 10.5 Å². The zero-order chi connectivity index (χ0) is 15.4. The molecular formula is C17H13ClN2O2. The fourth-order valence-electron chi connectivity index (χ4n) is 2.00. The predicted molar refractivity (Wildman–Crippen MR) is 84.6 cm³/mol. The monoisotopic (exact) mass is 312 g/mol. The fourth-order valence-corrected chi connectivity index (χ4v) is 2.12. The second-order valence-electron chi connectivity index (χ2n) is 4.75. The number of benzene rings is 2. The molecule has 1 N–H and O–H groups in total. The van der Waals surface area contributed by atoms with Crippen LogP contribution in [0.5, 0.6) is 0 Å². The van der Waals surface area contributed by atoms with Gasteiger partial charge < -0.3 is 9.84 Å². The van der Waals surface area contributed by atoms with Gasteiger partial charge in [0.15, 0.2) is 11.5 Å². The number of rotatable bonds is 4. The summed E-state index contributed by atoms with van der Waals surface area (Å²) in [7, 11) is 0. The first kappa shape index (κ1) is 14.4. The van der Waals surface area contributed by atoms with Gasteiger partial charge in [-0.3, -0.25) is 4.79 Å². The summed E-state index contributed by atoms with van der Waals surface area (Å²) in [4.78, 5) is 12.1. The van der Waals surface area contributed by atoms with Gasteiger partial charge in [0, 0.05) is 23.2 Å². The van der Waals surface area contributed by atoms with Crippen LogP contribution >= 0.6 is 11.6 Å². The summed E-state index contributed by atoms with van der Waals surface area (Å²) in [6.45, 7) is 0.406. The Hall–Kier alpha value is -2.59. The molecule has 0 spiro atoms. The lowest BCUT2D eigenvalue weighted by Gasteiger charge is -2.02. The number of nitrogens with one attached hydrogen (secondary N) is 1. The molecule has 3 rings (SSSR count). The molecule has 0 aliphatic rings. The Morgan fingerprint density at radius 3 is 2.55 bits per heavy atom. The van der Waals surface area contributed by atoms with Crippen molar-refractivity contribution < 1.29 is 9.32 Å². The summed E-state index contributed by atoms with van der Waals surface area (Å²) >= 11 is 5.82. The number of hydrogen-bond acceptors (Lipinski definition) is 3. The van der Waals surface area contributed by atoms with Crippen LogP contribution in [0.4, 0.5) is 0 Å². The van der Waals surface area contributed by atoms with Gasteiger partial charge in [0.05, 0.1) is 0 Å². The van der Waals surface area contributed by atoms with E-state index in [0.717, 1.165) is 11.1 Å². The Morgan fingerprint density at radius 2 is 1.82 bits per heavy atom. The van der Waals surface area contributed by atoms with Crippen molar-refractivity contribution >= 4 is 17.5 Å². The third-order valence-corrected chi connectivity index (χ3v) is 3.42. The Labute approximate surface area is 132 Å². The molecule has 4 nitrogen and oxygen atoms in total. The average Bonchev–Trinajstić information content (AvgIpc) is 3.05. The van der Waals surface area contributed by atoms with E-state index in [4.69, 9.17) is 16.1 Å². The lowest BCUT2D eigenvalue weighted by molar-refractivity contribution is 0.0942. The minimum absolute atomic E-state index is 0.257. The molecule has 22 heavy (non-hydrogen) atoms. The molecule has 0 saturated carbocycles. The third kappa shape index (κ3) is 3.35. The van der Waals surface area contributed by atoms with Gasteiger partial charge in [-0.25, -0.2) is 0 Å². The molecule has 0 saturated heterocycles. The second-order valence-corrected chi connectivity index (χ2v) is 5.19. The Morgan fingerprint density at radius 1 is 1.09 bits per heavy atom. The molecule has 2 aromatic carbocycles. The number of amides is 1. The third-order valence-electron chi connectivity index (χ3n) is 3.17. The minimum atomic E-state index is -0.277. The van der Waals surface area contributed by atoms with Crippen molar-refractivity contribution in [3.8, 4) is 11.3 Å². The highest BCUT2D eigenvalue weighted by atomic mass is 35.5. The zero-order valence-electron chi connectivity index (χ0n) is 11.6. The Balaban J connectivity index is 1.66. The van der Waals surface area contributed by atoms with Crippen LogP contribution in [-0.4, -0.2) is 11.1 Å². The summed E-state index contributed by atoms with van der Waals surface area (Å²) in [6.07, 6.45) is 0. The van der Waals surface area contributed by atoms with E-state index in [-0.39, 0.29) is 11.6 Å². The predicted octanol–water partition coefficient (Wildman–Crippen LogP) is 3.93. The van der Waals surface area contributed by atoms with E-state index in [1.807, 2.05) is 42.5 Å². The van der Waals surface area contributed by atoms with E-state index in [9.17, 15) is 4.79 Å². The molecule has 5 heteroatoms. The van der Waals surface area contributed by atoms with E-state index in [0.29, 0.717) is 17.3 Å². The summed E-state index contributed by atoms with van der Waals surface area (Å²) in [5, 5.41) is 7.27. The summed E-state index contributed by atoms with van der Waals surface area (Å²) in [6, 6.07) is 18.4. The molecule has 110 valence electrons. The van der Waals surface area contributed by atoms with Gasteiger partial charge in [0.25, 0.3) is 5.91 Å². The minimum Gasteiger partial charge on any atom is -0.355 e. The number of aromatic nitrogens is 1. The maximum absolute atomic E-state index is 12.1. The maximum atomic E-state index is 12.1. The van der Waals surface area contributed by atoms with E-state index in [1.165, 1.54) is 0 Å². The first-order chi connectivity index (χ1) is 10.7. The number of carbonyl (C=O) groups is 1. The van der Waals surface area contributed by atoms with Gasteiger partial charge in [-0.05, 0) is 17.7 Å². The highest BCUT2D eigenvalue weighted by Gasteiger charge is 2.13. The van der Waals surface area contributed by atoms with Crippen LogP contribution in [0.3, 0.4) is 0 Å². The Bertz CT molecular complexity index is 767. The number of carbonyl (C=O) groups excluding carboxylic acids is 1. The molecule has 0 aliphatic carbocycles. The topological polar surface area (TPSA) is 55.1 Å². The highest BCUT2D eigenvalue weighted by Crippen LogP contribution is 2.19. The van der Waals surface area contributed by atoms with Crippen molar-refractivity contribution in [2.24, 2.45) is 0 Å². The summed E-state index contributed by atoms with van der Waals surface area (Å²) < 4.78 is 5.21. The van der Waals surface area contributed by atoms with Crippen molar-refractivity contribution in [2.75, 3.05) is 0 Å². The van der Waals surface area contributed by atoms with Crippen LogP contribution in [-0.2, 0) is 6.54 Å². The van der Waals surface area contributed by atoms with Crippen molar-refractivity contribution in [1.29, 1.82) is 0 Å². The van der Waals surface area contributed by atoms with E-state index >= 15 is 0 Å². The molecule has 0 aliphatic heterocycles. The first-order valence-electron chi connectivity index (χ1n) is 6.77. The molecule has 0 unspecified atom stereocenters. The molecule has 0 bridgehead atoms. The molecule has 0 fully saturated rings. The second kappa shape index (κ2) is 6.45. The quantitative estimate of drug-likeness (QED) is 0.794. The van der Waals surface area contributed by atoms with Gasteiger partial charge in [0.1, 0.15) is 0 Å². The molecule has 0 atom stereocenters. The Kier molecular flexibility index (Phi) is 4.21. The normalized spacial score (nSPS) is 10.4. The van der Waals surface area contributed by atoms with Crippen molar-refractivity contribution in [3.05, 3.63) is 76.9 Å². The van der Waals surface area contributed by atoms with Gasteiger partial charge in [-0.2, -0.15) is 0 Å². The summed E-state index contributed by atoms with van der Waals surface area (Å²) in [5.41, 5.74) is 2.10. The summed E-state index contributed by atoms with van der Waals surface area (Å²) in [5.74, 6) is 0.290. The average molecular weight is 313 g/mol. The number of halogens is 1. The lowest BCUT2D eigenvalue weighted by Crippen LogP contribution is -2.22.